The van der Waals surface area contributed by atoms with E-state index < -0.39 is 17.4 Å². The Morgan fingerprint density at radius 3 is 2.30 bits per heavy atom. The lowest BCUT2D eigenvalue weighted by Gasteiger charge is -2.21. The summed E-state index contributed by atoms with van der Waals surface area (Å²) < 4.78 is 9.68. The first kappa shape index (κ1) is 15.8. The van der Waals surface area contributed by atoms with Crippen molar-refractivity contribution >= 4 is 11.9 Å². The number of ether oxygens (including phenoxy) is 2. The van der Waals surface area contributed by atoms with Gasteiger partial charge in [0.15, 0.2) is 0 Å². The Labute approximate surface area is 116 Å². The van der Waals surface area contributed by atoms with Crippen molar-refractivity contribution in [1.29, 1.82) is 0 Å². The van der Waals surface area contributed by atoms with E-state index >= 15 is 0 Å². The summed E-state index contributed by atoms with van der Waals surface area (Å²) >= 11 is 0. The number of phenolic OH excluding ortho intramolecular Hbond substituents is 1. The highest BCUT2D eigenvalue weighted by Gasteiger charge is 2.29. The lowest BCUT2D eigenvalue weighted by atomic mass is 9.85. The normalized spacial score (nSPS) is 11.0. The van der Waals surface area contributed by atoms with Gasteiger partial charge < -0.3 is 19.7 Å². The van der Waals surface area contributed by atoms with Crippen molar-refractivity contribution in [3.05, 3.63) is 23.3 Å². The van der Waals surface area contributed by atoms with Crippen molar-refractivity contribution in [3.8, 4) is 11.5 Å². The molecule has 6 heteroatoms. The molecular formula is C14H18O6. The first-order valence-electron chi connectivity index (χ1n) is 5.94. The third-order valence-corrected chi connectivity index (χ3v) is 3.02. The molecule has 0 heterocycles. The van der Waals surface area contributed by atoms with Crippen LogP contribution in [-0.4, -0.2) is 36.4 Å². The van der Waals surface area contributed by atoms with E-state index in [1.807, 2.05) is 0 Å². The van der Waals surface area contributed by atoms with Gasteiger partial charge in [-0.3, -0.25) is 4.79 Å². The maximum Gasteiger partial charge on any atom is 0.341 e. The van der Waals surface area contributed by atoms with Crippen molar-refractivity contribution < 1.29 is 29.3 Å². The Morgan fingerprint density at radius 1 is 1.25 bits per heavy atom. The number of carbonyl (C=O) groups is 2. The van der Waals surface area contributed by atoms with Gasteiger partial charge in [-0.05, 0) is 31.9 Å². The first-order valence-corrected chi connectivity index (χ1v) is 5.94. The number of aromatic hydroxyl groups is 1. The molecule has 0 amide bonds. The molecule has 110 valence electrons. The predicted molar refractivity (Wildman–Crippen MR) is 71.1 cm³/mol. The maximum absolute atomic E-state index is 11.5. The number of aliphatic carboxylic acids is 1. The quantitative estimate of drug-likeness (QED) is 0.800. The first-order chi connectivity index (χ1) is 9.22. The molecule has 1 rings (SSSR count). The van der Waals surface area contributed by atoms with Gasteiger partial charge in [-0.25, -0.2) is 4.79 Å². The third-order valence-electron chi connectivity index (χ3n) is 3.02. The van der Waals surface area contributed by atoms with Gasteiger partial charge in [-0.15, -0.1) is 0 Å². The highest BCUT2D eigenvalue weighted by molar-refractivity contribution is 5.93. The molecule has 0 atom stereocenters. The second-order valence-electron chi connectivity index (χ2n) is 5.04. The second-order valence-corrected chi connectivity index (χ2v) is 5.04. The molecule has 6 nitrogen and oxygen atoms in total. The number of rotatable bonds is 5. The monoisotopic (exact) mass is 282 g/mol. The molecule has 0 aliphatic rings. The van der Waals surface area contributed by atoms with Crippen LogP contribution in [0.25, 0.3) is 0 Å². The number of phenols is 1. The van der Waals surface area contributed by atoms with Crippen molar-refractivity contribution in [3.63, 3.8) is 0 Å². The zero-order valence-corrected chi connectivity index (χ0v) is 11.9. The highest BCUT2D eigenvalue weighted by Crippen LogP contribution is 2.33. The second kappa shape index (κ2) is 5.81. The van der Waals surface area contributed by atoms with Gasteiger partial charge in [0.05, 0.1) is 19.6 Å². The Kier molecular flexibility index (Phi) is 4.60. The van der Waals surface area contributed by atoms with Crippen molar-refractivity contribution in [2.75, 3.05) is 14.2 Å². The van der Waals surface area contributed by atoms with Gasteiger partial charge in [0.1, 0.15) is 17.1 Å². The molecule has 1 aromatic carbocycles. The van der Waals surface area contributed by atoms with Crippen LogP contribution in [0.1, 0.15) is 29.8 Å². The minimum atomic E-state index is -1.03. The molecule has 0 radical (unpaired) electrons. The predicted octanol–water partition coefficient (Wildman–Crippen LogP) is 1.84. The van der Waals surface area contributed by atoms with Gasteiger partial charge in [-0.2, -0.15) is 0 Å². The Balaban J connectivity index is 3.30. The summed E-state index contributed by atoms with van der Waals surface area (Å²) in [5.74, 6) is -1.61. The number of carbonyl (C=O) groups excluding carboxylic acids is 1. The summed E-state index contributed by atoms with van der Waals surface area (Å²) in [6.45, 7) is 3.14. The molecule has 2 N–H and O–H groups in total. The molecule has 0 saturated heterocycles. The van der Waals surface area contributed by atoms with E-state index in [2.05, 4.69) is 4.74 Å². The van der Waals surface area contributed by atoms with Crippen LogP contribution in [-0.2, 0) is 16.0 Å². The van der Waals surface area contributed by atoms with Gasteiger partial charge in [-0.1, -0.05) is 0 Å². The molecular weight excluding hydrogens is 264 g/mol. The molecule has 0 aromatic heterocycles. The summed E-state index contributed by atoms with van der Waals surface area (Å²) in [5.41, 5.74) is -0.542. The number of carboxylic acid groups (broad SMARTS) is 1. The van der Waals surface area contributed by atoms with Crippen molar-refractivity contribution in [2.24, 2.45) is 5.41 Å². The number of benzene rings is 1. The summed E-state index contributed by atoms with van der Waals surface area (Å²) in [4.78, 5) is 22.7. The largest absolute Gasteiger partial charge is 0.507 e. The van der Waals surface area contributed by atoms with Crippen LogP contribution in [0.3, 0.4) is 0 Å². The maximum atomic E-state index is 11.5. The van der Waals surface area contributed by atoms with Gasteiger partial charge in [0.25, 0.3) is 0 Å². The van der Waals surface area contributed by atoms with Crippen LogP contribution in [0.15, 0.2) is 12.1 Å². The highest BCUT2D eigenvalue weighted by atomic mass is 16.5. The molecule has 0 saturated carbocycles. The van der Waals surface area contributed by atoms with Crippen LogP contribution in [0, 0.1) is 5.41 Å². The Hall–Kier alpha value is -2.24. The van der Waals surface area contributed by atoms with Crippen molar-refractivity contribution in [1.82, 2.24) is 0 Å². The number of carboxylic acids is 1. The van der Waals surface area contributed by atoms with Crippen LogP contribution in [0.4, 0.5) is 0 Å². The van der Waals surface area contributed by atoms with E-state index in [9.17, 15) is 14.7 Å². The average Bonchev–Trinajstić information content (AvgIpc) is 2.38. The third kappa shape index (κ3) is 3.20. The zero-order chi connectivity index (χ0) is 15.5. The minimum absolute atomic E-state index is 0.0236. The van der Waals surface area contributed by atoms with E-state index in [0.29, 0.717) is 11.3 Å². The number of hydrogen-bond donors (Lipinski definition) is 2. The van der Waals surface area contributed by atoms with Crippen LogP contribution >= 0.6 is 0 Å². The van der Waals surface area contributed by atoms with Crippen LogP contribution in [0.5, 0.6) is 11.5 Å². The summed E-state index contributed by atoms with van der Waals surface area (Å²) in [6.07, 6.45) is 0.149. The number of hydrogen-bond acceptors (Lipinski definition) is 5. The Bertz CT molecular complexity index is 533. The molecule has 0 aliphatic carbocycles. The fourth-order valence-corrected chi connectivity index (χ4v) is 1.77. The average molecular weight is 282 g/mol. The molecule has 1 aromatic rings. The van der Waals surface area contributed by atoms with E-state index in [4.69, 9.17) is 9.84 Å². The summed E-state index contributed by atoms with van der Waals surface area (Å²) in [5, 5.41) is 18.9. The fraction of sp³-hybridized carbons (Fsp3) is 0.429. The fourth-order valence-electron chi connectivity index (χ4n) is 1.77. The molecule has 0 spiro atoms. The van der Waals surface area contributed by atoms with Crippen molar-refractivity contribution in [2.45, 2.75) is 20.3 Å². The van der Waals surface area contributed by atoms with E-state index in [1.165, 1.54) is 26.4 Å². The lowest BCUT2D eigenvalue weighted by molar-refractivity contribution is -0.146. The number of esters is 1. The SMILES string of the molecule is COC(=O)c1cc(CC(C)(C)C(=O)O)c(OC)cc1O. The summed E-state index contributed by atoms with van der Waals surface area (Å²) in [7, 11) is 2.61. The van der Waals surface area contributed by atoms with E-state index in [0.717, 1.165) is 0 Å². The van der Waals surface area contributed by atoms with Gasteiger partial charge >= 0.3 is 11.9 Å². The molecule has 0 bridgehead atoms. The standard InChI is InChI=1S/C14H18O6/c1-14(2,13(17)18)7-8-5-9(12(16)20-4)10(15)6-11(8)19-3/h5-6,15H,7H2,1-4H3,(H,17,18). The minimum Gasteiger partial charge on any atom is -0.507 e. The molecule has 20 heavy (non-hydrogen) atoms. The lowest BCUT2D eigenvalue weighted by Crippen LogP contribution is -2.26. The van der Waals surface area contributed by atoms with E-state index in [-0.39, 0.29) is 17.7 Å². The topological polar surface area (TPSA) is 93.1 Å². The zero-order valence-electron chi connectivity index (χ0n) is 11.9. The smallest absolute Gasteiger partial charge is 0.341 e. The molecule has 0 fully saturated rings. The van der Waals surface area contributed by atoms with Crippen LogP contribution in [0.2, 0.25) is 0 Å². The van der Waals surface area contributed by atoms with Gasteiger partial charge in [0, 0.05) is 6.07 Å². The van der Waals surface area contributed by atoms with Gasteiger partial charge in [0.2, 0.25) is 0 Å². The Morgan fingerprint density at radius 2 is 1.85 bits per heavy atom. The molecule has 0 unspecified atom stereocenters. The van der Waals surface area contributed by atoms with Crippen LogP contribution < -0.4 is 4.74 Å². The molecule has 0 aliphatic heterocycles. The summed E-state index contributed by atoms with van der Waals surface area (Å²) in [6, 6.07) is 2.67. The number of methoxy groups -OCH3 is 2. The van der Waals surface area contributed by atoms with E-state index in [1.54, 1.807) is 13.8 Å².